The topological polar surface area (TPSA) is 77.3 Å². The number of ether oxygens (including phenoxy) is 1. The molecule has 2 heterocycles. The minimum absolute atomic E-state index is 0.0985. The number of nitrogens with zero attached hydrogens (tertiary/aromatic N) is 4. The van der Waals surface area contributed by atoms with Crippen LogP contribution in [0.2, 0.25) is 0 Å². The van der Waals surface area contributed by atoms with E-state index in [9.17, 15) is 14.0 Å². The SMILES string of the molecule is CCOC(=O)C1CCN(C(=O)c2nc(C)n(-c3ccc(F)cc3)n2)CC1. The van der Waals surface area contributed by atoms with Crippen LogP contribution in [0.4, 0.5) is 4.39 Å². The molecule has 0 aliphatic carbocycles. The highest BCUT2D eigenvalue weighted by molar-refractivity contribution is 5.90. The number of carbonyl (C=O) groups is 2. The van der Waals surface area contributed by atoms with Crippen LogP contribution in [0.3, 0.4) is 0 Å². The first-order valence-corrected chi connectivity index (χ1v) is 8.65. The van der Waals surface area contributed by atoms with Gasteiger partial charge in [0.1, 0.15) is 11.6 Å². The van der Waals surface area contributed by atoms with Gasteiger partial charge in [-0.05, 0) is 51.0 Å². The van der Waals surface area contributed by atoms with E-state index in [0.717, 1.165) is 0 Å². The smallest absolute Gasteiger partial charge is 0.309 e. The summed E-state index contributed by atoms with van der Waals surface area (Å²) in [7, 11) is 0. The summed E-state index contributed by atoms with van der Waals surface area (Å²) in [6.45, 7) is 4.81. The lowest BCUT2D eigenvalue weighted by atomic mass is 9.97. The minimum Gasteiger partial charge on any atom is -0.466 e. The summed E-state index contributed by atoms with van der Waals surface area (Å²) in [6, 6.07) is 5.82. The number of esters is 1. The van der Waals surface area contributed by atoms with Gasteiger partial charge in [-0.15, -0.1) is 5.10 Å². The van der Waals surface area contributed by atoms with Crippen LogP contribution in [-0.4, -0.2) is 51.2 Å². The second-order valence-electron chi connectivity index (χ2n) is 6.19. The fourth-order valence-electron chi connectivity index (χ4n) is 3.03. The van der Waals surface area contributed by atoms with E-state index in [1.807, 2.05) is 0 Å². The number of aryl methyl sites for hydroxylation is 1. The predicted octanol–water partition coefficient (Wildman–Crippen LogP) is 2.13. The van der Waals surface area contributed by atoms with Crippen molar-refractivity contribution in [1.29, 1.82) is 0 Å². The van der Waals surface area contributed by atoms with Gasteiger partial charge < -0.3 is 9.64 Å². The third-order valence-corrected chi connectivity index (χ3v) is 4.43. The molecule has 26 heavy (non-hydrogen) atoms. The molecule has 7 nitrogen and oxygen atoms in total. The molecule has 1 saturated heterocycles. The lowest BCUT2D eigenvalue weighted by molar-refractivity contribution is -0.149. The zero-order valence-electron chi connectivity index (χ0n) is 14.8. The molecule has 1 aliphatic rings. The molecule has 138 valence electrons. The highest BCUT2D eigenvalue weighted by Crippen LogP contribution is 2.20. The number of rotatable bonds is 4. The van der Waals surface area contributed by atoms with Crippen LogP contribution in [0.15, 0.2) is 24.3 Å². The molecule has 0 atom stereocenters. The summed E-state index contributed by atoms with van der Waals surface area (Å²) in [6.07, 6.45) is 1.14. The Balaban J connectivity index is 1.69. The molecule has 1 aromatic carbocycles. The average molecular weight is 360 g/mol. The summed E-state index contributed by atoms with van der Waals surface area (Å²) in [4.78, 5) is 30.4. The molecule has 0 bridgehead atoms. The Morgan fingerprint density at radius 1 is 1.23 bits per heavy atom. The molecule has 0 radical (unpaired) electrons. The third-order valence-electron chi connectivity index (χ3n) is 4.43. The first-order valence-electron chi connectivity index (χ1n) is 8.65. The number of halogens is 1. The Bertz CT molecular complexity index is 795. The third kappa shape index (κ3) is 3.74. The van der Waals surface area contributed by atoms with Crippen molar-refractivity contribution in [1.82, 2.24) is 19.7 Å². The van der Waals surface area contributed by atoms with E-state index in [1.165, 1.54) is 16.8 Å². The minimum atomic E-state index is -0.340. The van der Waals surface area contributed by atoms with Gasteiger partial charge in [-0.2, -0.15) is 0 Å². The van der Waals surface area contributed by atoms with Crippen molar-refractivity contribution in [3.05, 3.63) is 41.7 Å². The largest absolute Gasteiger partial charge is 0.466 e. The second kappa shape index (κ2) is 7.63. The fourth-order valence-corrected chi connectivity index (χ4v) is 3.03. The highest BCUT2D eigenvalue weighted by atomic mass is 19.1. The summed E-state index contributed by atoms with van der Waals surface area (Å²) < 4.78 is 19.6. The Hall–Kier alpha value is -2.77. The molecule has 0 saturated carbocycles. The quantitative estimate of drug-likeness (QED) is 0.781. The van der Waals surface area contributed by atoms with Gasteiger partial charge in [0.25, 0.3) is 5.91 Å². The van der Waals surface area contributed by atoms with Crippen molar-refractivity contribution >= 4 is 11.9 Å². The van der Waals surface area contributed by atoms with E-state index in [1.54, 1.807) is 30.9 Å². The standard InChI is InChI=1S/C18H21FN4O3/c1-3-26-18(25)13-8-10-22(11-9-13)17(24)16-20-12(2)23(21-16)15-6-4-14(19)5-7-15/h4-7,13H,3,8-11H2,1-2H3. The molecule has 3 rings (SSSR count). The molecule has 1 aromatic heterocycles. The van der Waals surface area contributed by atoms with E-state index in [4.69, 9.17) is 4.74 Å². The van der Waals surface area contributed by atoms with Crippen LogP contribution in [0.25, 0.3) is 5.69 Å². The maximum atomic E-state index is 13.1. The fraction of sp³-hybridized carbons (Fsp3) is 0.444. The van der Waals surface area contributed by atoms with E-state index < -0.39 is 0 Å². The Morgan fingerprint density at radius 3 is 2.50 bits per heavy atom. The van der Waals surface area contributed by atoms with Gasteiger partial charge in [0.15, 0.2) is 0 Å². The van der Waals surface area contributed by atoms with Crippen molar-refractivity contribution in [3.63, 3.8) is 0 Å². The van der Waals surface area contributed by atoms with Crippen LogP contribution >= 0.6 is 0 Å². The first-order chi connectivity index (χ1) is 12.5. The lowest BCUT2D eigenvalue weighted by Gasteiger charge is -2.30. The maximum absolute atomic E-state index is 13.1. The number of carbonyl (C=O) groups excluding carboxylic acids is 2. The Morgan fingerprint density at radius 2 is 1.88 bits per heavy atom. The van der Waals surface area contributed by atoms with Crippen molar-refractivity contribution in [2.75, 3.05) is 19.7 Å². The summed E-state index contributed by atoms with van der Waals surface area (Å²) >= 11 is 0. The van der Waals surface area contributed by atoms with Gasteiger partial charge in [0.2, 0.25) is 5.82 Å². The number of benzene rings is 1. The first kappa shape index (κ1) is 18.0. The molecule has 1 fully saturated rings. The molecule has 2 aromatic rings. The van der Waals surface area contributed by atoms with E-state index >= 15 is 0 Å². The second-order valence-corrected chi connectivity index (χ2v) is 6.19. The molecule has 1 aliphatic heterocycles. The number of piperidine rings is 1. The van der Waals surface area contributed by atoms with Gasteiger partial charge in [-0.1, -0.05) is 0 Å². The lowest BCUT2D eigenvalue weighted by Crippen LogP contribution is -2.41. The molecule has 1 amide bonds. The molecule has 0 spiro atoms. The van der Waals surface area contributed by atoms with Gasteiger partial charge in [0, 0.05) is 13.1 Å². The number of hydrogen-bond donors (Lipinski definition) is 0. The van der Waals surface area contributed by atoms with Crippen molar-refractivity contribution in [3.8, 4) is 5.69 Å². The summed E-state index contributed by atoms with van der Waals surface area (Å²) in [5, 5.41) is 4.27. The number of amides is 1. The van der Waals surface area contributed by atoms with Crippen molar-refractivity contribution in [2.45, 2.75) is 26.7 Å². The van der Waals surface area contributed by atoms with Gasteiger partial charge >= 0.3 is 5.97 Å². The summed E-state index contributed by atoms with van der Waals surface area (Å²) in [5.41, 5.74) is 0.636. The highest BCUT2D eigenvalue weighted by Gasteiger charge is 2.30. The van der Waals surface area contributed by atoms with E-state index in [0.29, 0.717) is 44.0 Å². The van der Waals surface area contributed by atoms with Crippen LogP contribution in [0.5, 0.6) is 0 Å². The zero-order valence-corrected chi connectivity index (χ0v) is 14.8. The van der Waals surface area contributed by atoms with Crippen LogP contribution < -0.4 is 0 Å². The maximum Gasteiger partial charge on any atom is 0.309 e. The predicted molar refractivity (Wildman–Crippen MR) is 91.3 cm³/mol. The zero-order chi connectivity index (χ0) is 18.7. The van der Waals surface area contributed by atoms with Gasteiger partial charge in [-0.3, -0.25) is 9.59 Å². The molecule has 0 unspecified atom stereocenters. The van der Waals surface area contributed by atoms with Gasteiger partial charge in [0.05, 0.1) is 18.2 Å². The van der Waals surface area contributed by atoms with Crippen molar-refractivity contribution < 1.29 is 18.7 Å². The van der Waals surface area contributed by atoms with Crippen LogP contribution in [0, 0.1) is 18.7 Å². The normalized spacial score (nSPS) is 15.1. The molecular formula is C18H21FN4O3. The monoisotopic (exact) mass is 360 g/mol. The van der Waals surface area contributed by atoms with Crippen LogP contribution in [0.1, 0.15) is 36.2 Å². The number of likely N-dealkylation sites (tertiary alicyclic amines) is 1. The molecule has 0 N–H and O–H groups in total. The number of hydrogen-bond acceptors (Lipinski definition) is 5. The number of aromatic nitrogens is 3. The molecular weight excluding hydrogens is 339 g/mol. The average Bonchev–Trinajstić information content (AvgIpc) is 3.04. The van der Waals surface area contributed by atoms with Crippen LogP contribution in [-0.2, 0) is 9.53 Å². The van der Waals surface area contributed by atoms with E-state index in [-0.39, 0.29) is 29.4 Å². The van der Waals surface area contributed by atoms with E-state index in [2.05, 4.69) is 10.1 Å². The Kier molecular flexibility index (Phi) is 5.29. The Labute approximate surface area is 150 Å². The summed E-state index contributed by atoms with van der Waals surface area (Å²) in [5.74, 6) is -0.328. The molecule has 8 heteroatoms. The van der Waals surface area contributed by atoms with Gasteiger partial charge in [-0.25, -0.2) is 14.1 Å². The van der Waals surface area contributed by atoms with Crippen molar-refractivity contribution in [2.24, 2.45) is 5.92 Å².